The first-order chi connectivity index (χ1) is 11.1. The molecule has 0 bridgehead atoms. The highest BCUT2D eigenvalue weighted by Crippen LogP contribution is 2.45. The summed E-state index contributed by atoms with van der Waals surface area (Å²) in [6, 6.07) is 2.28. The number of rotatable bonds is 3. The first-order valence-electron chi connectivity index (χ1n) is 8.62. The number of ether oxygens (including phenoxy) is 1. The molecule has 0 spiro atoms. The molecule has 0 saturated carbocycles. The minimum atomic E-state index is -0.552. The number of nitrogens with one attached hydrogen (secondary N) is 1. The molecule has 1 atom stereocenters. The van der Waals surface area contributed by atoms with Crippen LogP contribution in [0, 0.1) is 22.7 Å². The van der Waals surface area contributed by atoms with Gasteiger partial charge < -0.3 is 4.74 Å². The molecule has 1 amide bonds. The van der Waals surface area contributed by atoms with Crippen LogP contribution in [0.3, 0.4) is 0 Å². The molecular weight excluding hydrogens is 320 g/mol. The predicted molar refractivity (Wildman–Crippen MR) is 98.5 cm³/mol. The monoisotopic (exact) mass is 348 g/mol. The molecule has 1 unspecified atom stereocenters. The Morgan fingerprint density at radius 1 is 1.38 bits per heavy atom. The zero-order valence-electron chi connectivity index (χ0n) is 15.6. The van der Waals surface area contributed by atoms with Gasteiger partial charge in [-0.3, -0.25) is 5.32 Å². The fraction of sp³-hybridized carbons (Fsp3) is 0.684. The number of carbonyl (C=O) groups is 1. The molecular formula is C19H28N2O2S. The second-order valence-electron chi connectivity index (χ2n) is 8.23. The van der Waals surface area contributed by atoms with Gasteiger partial charge in [-0.25, -0.2) is 4.79 Å². The van der Waals surface area contributed by atoms with E-state index in [1.807, 2.05) is 20.8 Å². The van der Waals surface area contributed by atoms with Gasteiger partial charge >= 0.3 is 6.09 Å². The van der Waals surface area contributed by atoms with Crippen LogP contribution in [-0.4, -0.2) is 11.7 Å². The van der Waals surface area contributed by atoms with Crippen molar-refractivity contribution in [2.45, 2.75) is 72.8 Å². The quantitative estimate of drug-likeness (QED) is 0.783. The fourth-order valence-electron chi connectivity index (χ4n) is 3.14. The summed E-state index contributed by atoms with van der Waals surface area (Å²) in [6.07, 6.45) is 3.66. The van der Waals surface area contributed by atoms with Gasteiger partial charge in [0.05, 0.1) is 5.56 Å². The van der Waals surface area contributed by atoms with Crippen molar-refractivity contribution < 1.29 is 9.53 Å². The highest BCUT2D eigenvalue weighted by atomic mass is 32.1. The third kappa shape index (κ3) is 4.10. The summed E-state index contributed by atoms with van der Waals surface area (Å²) < 4.78 is 5.31. The van der Waals surface area contributed by atoms with Gasteiger partial charge in [0, 0.05) is 4.88 Å². The summed E-state index contributed by atoms with van der Waals surface area (Å²) in [5.74, 6) is 0.620. The molecule has 132 valence electrons. The number of fused-ring (bicyclic) bond motifs is 1. The van der Waals surface area contributed by atoms with E-state index < -0.39 is 11.7 Å². The van der Waals surface area contributed by atoms with E-state index in [9.17, 15) is 10.1 Å². The number of anilines is 1. The van der Waals surface area contributed by atoms with Gasteiger partial charge in [0.2, 0.25) is 0 Å². The van der Waals surface area contributed by atoms with Crippen LogP contribution in [0.15, 0.2) is 0 Å². The lowest BCUT2D eigenvalue weighted by atomic mass is 9.69. The van der Waals surface area contributed by atoms with E-state index in [0.717, 1.165) is 31.2 Å². The van der Waals surface area contributed by atoms with Crippen LogP contribution in [0.5, 0.6) is 0 Å². The molecule has 1 N–H and O–H groups in total. The van der Waals surface area contributed by atoms with Gasteiger partial charge in [0.15, 0.2) is 0 Å². The van der Waals surface area contributed by atoms with Gasteiger partial charge in [0.1, 0.15) is 16.7 Å². The van der Waals surface area contributed by atoms with E-state index in [-0.39, 0.29) is 0 Å². The van der Waals surface area contributed by atoms with Gasteiger partial charge in [0.25, 0.3) is 0 Å². The SMILES string of the molecule is CCC(C)(C)C1CCc2c(sc(NC(=O)OC(C)(C)C)c2C#N)C1. The summed E-state index contributed by atoms with van der Waals surface area (Å²) in [5.41, 5.74) is 1.49. The maximum absolute atomic E-state index is 12.0. The van der Waals surface area contributed by atoms with Crippen molar-refractivity contribution in [1.82, 2.24) is 0 Å². The fourth-order valence-corrected chi connectivity index (χ4v) is 4.41. The third-order valence-electron chi connectivity index (χ3n) is 5.01. The minimum Gasteiger partial charge on any atom is -0.444 e. The maximum atomic E-state index is 12.0. The molecule has 0 aromatic carbocycles. The topological polar surface area (TPSA) is 62.1 Å². The number of amides is 1. The Morgan fingerprint density at radius 3 is 2.58 bits per heavy atom. The minimum absolute atomic E-state index is 0.299. The van der Waals surface area contributed by atoms with Crippen molar-refractivity contribution in [2.75, 3.05) is 5.32 Å². The van der Waals surface area contributed by atoms with Crippen molar-refractivity contribution >= 4 is 22.4 Å². The highest BCUT2D eigenvalue weighted by molar-refractivity contribution is 7.16. The van der Waals surface area contributed by atoms with E-state index in [1.54, 1.807) is 0 Å². The van der Waals surface area contributed by atoms with Crippen LogP contribution in [0.2, 0.25) is 0 Å². The number of hydrogen-bond acceptors (Lipinski definition) is 4. The molecule has 0 radical (unpaired) electrons. The number of carbonyl (C=O) groups excluding carboxylic acids is 1. The second-order valence-corrected chi connectivity index (χ2v) is 9.33. The van der Waals surface area contributed by atoms with Crippen LogP contribution in [0.25, 0.3) is 0 Å². The number of hydrogen-bond donors (Lipinski definition) is 1. The van der Waals surface area contributed by atoms with E-state index in [2.05, 4.69) is 32.2 Å². The molecule has 1 aliphatic rings. The Morgan fingerprint density at radius 2 is 2.04 bits per heavy atom. The van der Waals surface area contributed by atoms with Crippen LogP contribution in [-0.2, 0) is 17.6 Å². The van der Waals surface area contributed by atoms with Crippen molar-refractivity contribution in [3.63, 3.8) is 0 Å². The van der Waals surface area contributed by atoms with Crippen LogP contribution < -0.4 is 5.32 Å². The van der Waals surface area contributed by atoms with Crippen molar-refractivity contribution in [3.05, 3.63) is 16.0 Å². The third-order valence-corrected chi connectivity index (χ3v) is 6.18. The van der Waals surface area contributed by atoms with Gasteiger partial charge in [-0.15, -0.1) is 11.3 Å². The van der Waals surface area contributed by atoms with Gasteiger partial charge in [-0.2, -0.15) is 5.26 Å². The molecule has 1 aromatic heterocycles. The van der Waals surface area contributed by atoms with E-state index in [0.29, 0.717) is 21.9 Å². The summed E-state index contributed by atoms with van der Waals surface area (Å²) in [4.78, 5) is 13.3. The van der Waals surface area contributed by atoms with E-state index in [4.69, 9.17) is 4.74 Å². The number of nitriles is 1. The largest absolute Gasteiger partial charge is 0.444 e. The van der Waals surface area contributed by atoms with Crippen LogP contribution >= 0.6 is 11.3 Å². The van der Waals surface area contributed by atoms with E-state index >= 15 is 0 Å². The van der Waals surface area contributed by atoms with Crippen LogP contribution in [0.1, 0.15) is 70.4 Å². The zero-order valence-corrected chi connectivity index (χ0v) is 16.4. The van der Waals surface area contributed by atoms with Crippen LogP contribution in [0.4, 0.5) is 9.80 Å². The molecule has 5 heteroatoms. The molecule has 24 heavy (non-hydrogen) atoms. The highest BCUT2D eigenvalue weighted by Gasteiger charge is 2.34. The molecule has 0 saturated heterocycles. The molecule has 4 nitrogen and oxygen atoms in total. The van der Waals surface area contributed by atoms with E-state index in [1.165, 1.54) is 16.2 Å². The van der Waals surface area contributed by atoms with Crippen molar-refractivity contribution in [2.24, 2.45) is 11.3 Å². The van der Waals surface area contributed by atoms with Gasteiger partial charge in [-0.05, 0) is 56.9 Å². The normalized spacial score (nSPS) is 17.8. The molecule has 2 rings (SSSR count). The Kier molecular flexibility index (Phi) is 5.29. The number of thiophene rings is 1. The summed E-state index contributed by atoms with van der Waals surface area (Å²) in [6.45, 7) is 12.4. The lowest BCUT2D eigenvalue weighted by molar-refractivity contribution is 0.0636. The van der Waals surface area contributed by atoms with Crippen molar-refractivity contribution in [3.8, 4) is 6.07 Å². The van der Waals surface area contributed by atoms with Crippen molar-refractivity contribution in [1.29, 1.82) is 5.26 Å². The maximum Gasteiger partial charge on any atom is 0.412 e. The Labute approximate surface area is 149 Å². The number of nitrogens with zero attached hydrogens (tertiary/aromatic N) is 1. The molecule has 0 fully saturated rings. The predicted octanol–water partition coefficient (Wildman–Crippen LogP) is 5.51. The first kappa shape index (κ1) is 18.8. The first-order valence-corrected chi connectivity index (χ1v) is 9.43. The molecule has 0 aliphatic heterocycles. The molecule has 1 heterocycles. The smallest absolute Gasteiger partial charge is 0.412 e. The zero-order chi connectivity index (χ0) is 18.1. The lowest BCUT2D eigenvalue weighted by Crippen LogP contribution is -2.28. The standard InChI is InChI=1S/C19H28N2O2S/c1-7-19(5,6)12-8-9-13-14(11-20)16(24-15(13)10-12)21-17(22)23-18(2,3)4/h12H,7-10H2,1-6H3,(H,21,22). The second kappa shape index (κ2) is 6.76. The molecule has 1 aliphatic carbocycles. The Hall–Kier alpha value is -1.54. The summed E-state index contributed by atoms with van der Waals surface area (Å²) in [7, 11) is 0. The Balaban J connectivity index is 2.23. The summed E-state index contributed by atoms with van der Waals surface area (Å²) in [5, 5.41) is 13.0. The average Bonchev–Trinajstić information content (AvgIpc) is 2.80. The van der Waals surface area contributed by atoms with Gasteiger partial charge in [-0.1, -0.05) is 27.2 Å². The molecule has 1 aromatic rings. The summed E-state index contributed by atoms with van der Waals surface area (Å²) >= 11 is 1.54. The lowest BCUT2D eigenvalue weighted by Gasteiger charge is -2.36. The Bertz CT molecular complexity index is 662. The average molecular weight is 349 g/mol.